The first-order valence-corrected chi connectivity index (χ1v) is 10.3. The van der Waals surface area contributed by atoms with Crippen molar-refractivity contribution in [1.29, 1.82) is 0 Å². The van der Waals surface area contributed by atoms with Crippen LogP contribution in [0.15, 0.2) is 30.5 Å². The molecule has 1 aromatic carbocycles. The number of carbonyl (C=O) groups excluding carboxylic acids is 2. The van der Waals surface area contributed by atoms with Crippen LogP contribution in [0.25, 0.3) is 0 Å². The third-order valence-electron chi connectivity index (χ3n) is 4.70. The molecule has 2 amide bonds. The van der Waals surface area contributed by atoms with Crippen LogP contribution in [-0.2, 0) is 12.7 Å². The zero-order valence-electron chi connectivity index (χ0n) is 16.1. The first kappa shape index (κ1) is 22.0. The van der Waals surface area contributed by atoms with E-state index in [1.807, 2.05) is 11.2 Å². The molecule has 2 aromatic rings. The first-order chi connectivity index (χ1) is 14.2. The van der Waals surface area contributed by atoms with Gasteiger partial charge in [-0.25, -0.2) is 4.79 Å². The number of benzene rings is 1. The van der Waals surface area contributed by atoms with Crippen LogP contribution in [0.4, 0.5) is 23.8 Å². The molecule has 0 spiro atoms. The monoisotopic (exact) mass is 442 g/mol. The van der Waals surface area contributed by atoms with Crippen molar-refractivity contribution in [3.63, 3.8) is 0 Å². The molecule has 0 aliphatic carbocycles. The van der Waals surface area contributed by atoms with Gasteiger partial charge in [0.2, 0.25) is 5.91 Å². The van der Waals surface area contributed by atoms with Crippen molar-refractivity contribution in [2.24, 2.45) is 5.73 Å². The van der Waals surface area contributed by atoms with E-state index in [0.29, 0.717) is 37.6 Å². The molecule has 162 valence electrons. The fourth-order valence-electron chi connectivity index (χ4n) is 3.23. The van der Waals surface area contributed by atoms with Crippen LogP contribution in [-0.4, -0.2) is 64.0 Å². The van der Waals surface area contributed by atoms with E-state index in [2.05, 4.69) is 9.82 Å². The fourth-order valence-corrected chi connectivity index (χ4v) is 3.55. The Balaban J connectivity index is 1.61. The number of anilines is 1. The number of primary amides is 1. The van der Waals surface area contributed by atoms with Gasteiger partial charge in [-0.1, -0.05) is 18.0 Å². The van der Waals surface area contributed by atoms with E-state index in [1.54, 1.807) is 17.2 Å². The number of hydrogen-bond acceptors (Lipinski definition) is 6. The average Bonchev–Trinajstić information content (AvgIpc) is 3.16. The Labute approximate surface area is 175 Å². The first-order valence-electron chi connectivity index (χ1n) is 9.05. The van der Waals surface area contributed by atoms with Crippen LogP contribution in [0.2, 0.25) is 0 Å². The second-order valence-corrected chi connectivity index (χ2v) is 7.35. The van der Waals surface area contributed by atoms with Crippen LogP contribution in [0, 0.1) is 0 Å². The summed E-state index contributed by atoms with van der Waals surface area (Å²) in [4.78, 5) is 27.4. The highest BCUT2D eigenvalue weighted by Crippen LogP contribution is 2.33. The minimum Gasteiger partial charge on any atom is -0.366 e. The molecule has 1 aromatic heterocycles. The second kappa shape index (κ2) is 8.96. The Morgan fingerprint density at radius 1 is 1.20 bits per heavy atom. The number of aromatic nitrogens is 2. The molecule has 1 aliphatic rings. The number of carbonyl (C=O) groups is 2. The van der Waals surface area contributed by atoms with Crippen molar-refractivity contribution >= 4 is 29.7 Å². The quantitative estimate of drug-likeness (QED) is 0.691. The fraction of sp³-hybridized carbons (Fsp3) is 0.389. The lowest BCUT2D eigenvalue weighted by atomic mass is 10.0. The molecule has 8 nitrogen and oxygen atoms in total. The molecular formula is C18H21F3N6O2S. The number of nitrogens with zero attached hydrogens (tertiary/aromatic N) is 4. The van der Waals surface area contributed by atoms with Crippen LogP contribution in [0.5, 0.6) is 0 Å². The molecule has 2 heterocycles. The predicted octanol–water partition coefficient (Wildman–Crippen LogP) is 2.48. The Kier molecular flexibility index (Phi) is 6.56. The Hall–Kier alpha value is -2.73. The van der Waals surface area contributed by atoms with Gasteiger partial charge in [-0.2, -0.15) is 17.9 Å². The molecule has 0 unspecified atom stereocenters. The lowest BCUT2D eigenvalue weighted by Crippen LogP contribution is -2.49. The number of amides is 2. The predicted molar refractivity (Wildman–Crippen MR) is 107 cm³/mol. The smallest absolute Gasteiger partial charge is 0.366 e. The summed E-state index contributed by atoms with van der Waals surface area (Å²) in [6.45, 7) is 2.13. The van der Waals surface area contributed by atoms with Gasteiger partial charge in [-0.15, -0.1) is 5.10 Å². The average molecular weight is 442 g/mol. The van der Waals surface area contributed by atoms with Crippen LogP contribution in [0.3, 0.4) is 0 Å². The van der Waals surface area contributed by atoms with Crippen molar-refractivity contribution in [3.8, 4) is 0 Å². The zero-order valence-corrected chi connectivity index (χ0v) is 17.0. The molecule has 30 heavy (non-hydrogen) atoms. The number of hydrogen-bond donors (Lipinski definition) is 2. The Morgan fingerprint density at radius 2 is 1.90 bits per heavy atom. The van der Waals surface area contributed by atoms with Crippen LogP contribution >= 0.6 is 11.9 Å². The molecule has 3 N–H and O–H groups in total. The molecule has 0 atom stereocenters. The summed E-state index contributed by atoms with van der Waals surface area (Å²) in [6, 6.07) is 4.98. The van der Waals surface area contributed by atoms with Gasteiger partial charge < -0.3 is 15.4 Å². The van der Waals surface area contributed by atoms with E-state index < -0.39 is 23.2 Å². The maximum Gasteiger partial charge on any atom is 0.417 e. The lowest BCUT2D eigenvalue weighted by Gasteiger charge is -2.34. The van der Waals surface area contributed by atoms with E-state index in [9.17, 15) is 22.8 Å². The number of halogens is 3. The van der Waals surface area contributed by atoms with Crippen molar-refractivity contribution in [1.82, 2.24) is 19.6 Å². The summed E-state index contributed by atoms with van der Waals surface area (Å²) in [7, 11) is 0. The summed E-state index contributed by atoms with van der Waals surface area (Å²) in [6.07, 6.45) is -1.25. The molecule has 12 heteroatoms. The van der Waals surface area contributed by atoms with Crippen molar-refractivity contribution in [2.45, 2.75) is 12.7 Å². The molecule has 1 saturated heterocycles. The number of nitrogens with two attached hydrogens (primary N) is 1. The van der Waals surface area contributed by atoms with Crippen LogP contribution in [0.1, 0.15) is 21.5 Å². The summed E-state index contributed by atoms with van der Waals surface area (Å²) in [5.41, 5.74) is 3.90. The van der Waals surface area contributed by atoms with E-state index >= 15 is 0 Å². The van der Waals surface area contributed by atoms with Crippen molar-refractivity contribution < 1.29 is 22.8 Å². The van der Waals surface area contributed by atoms with Gasteiger partial charge in [-0.3, -0.25) is 9.69 Å². The van der Waals surface area contributed by atoms with Gasteiger partial charge in [0.05, 0.1) is 11.1 Å². The van der Waals surface area contributed by atoms with Gasteiger partial charge in [0, 0.05) is 51.2 Å². The van der Waals surface area contributed by atoms with Crippen LogP contribution < -0.4 is 10.5 Å². The normalized spacial score (nSPS) is 15.3. The molecule has 0 radical (unpaired) electrons. The maximum atomic E-state index is 13.2. The minimum absolute atomic E-state index is 0.256. The minimum atomic E-state index is -4.67. The molecule has 3 rings (SSSR count). The zero-order chi connectivity index (χ0) is 21.9. The summed E-state index contributed by atoms with van der Waals surface area (Å²) < 4.78 is 43.9. The number of rotatable bonds is 5. The second-order valence-electron chi connectivity index (χ2n) is 6.74. The van der Waals surface area contributed by atoms with E-state index in [0.717, 1.165) is 12.1 Å². The molecular weight excluding hydrogens is 421 g/mol. The number of nitrogens with one attached hydrogen (secondary N) is 1. The summed E-state index contributed by atoms with van der Waals surface area (Å²) in [5, 5.41) is 4.15. The number of alkyl halides is 3. The Bertz CT molecular complexity index is 925. The SMILES string of the molecule is CSNc1ccn(C(=O)N2CCN(Cc3ccc(C(N)=O)c(C(F)(F)F)c3)CC2)n1. The third-order valence-corrected chi connectivity index (χ3v) is 5.11. The van der Waals surface area contributed by atoms with Crippen molar-refractivity contribution in [3.05, 3.63) is 47.2 Å². The molecule has 1 aliphatic heterocycles. The van der Waals surface area contributed by atoms with Gasteiger partial charge in [0.25, 0.3) is 0 Å². The maximum absolute atomic E-state index is 13.2. The molecule has 0 bridgehead atoms. The number of piperazine rings is 1. The van der Waals surface area contributed by atoms with E-state index in [4.69, 9.17) is 5.73 Å². The van der Waals surface area contributed by atoms with E-state index in [-0.39, 0.29) is 12.6 Å². The highest BCUT2D eigenvalue weighted by molar-refractivity contribution is 7.99. The largest absolute Gasteiger partial charge is 0.417 e. The lowest BCUT2D eigenvalue weighted by molar-refractivity contribution is -0.138. The Morgan fingerprint density at radius 3 is 2.50 bits per heavy atom. The summed E-state index contributed by atoms with van der Waals surface area (Å²) in [5.74, 6) is -0.537. The van der Waals surface area contributed by atoms with Gasteiger partial charge in [0.1, 0.15) is 0 Å². The van der Waals surface area contributed by atoms with E-state index in [1.165, 1.54) is 22.7 Å². The van der Waals surface area contributed by atoms with Crippen molar-refractivity contribution in [2.75, 3.05) is 37.2 Å². The standard InChI is InChI=1S/C18H21F3N6O2S/c1-30-24-15-4-5-27(23-15)17(29)26-8-6-25(7-9-26)11-12-2-3-13(16(22)28)14(10-12)18(19,20)21/h2-5,10H,6-9,11H2,1H3,(H2,22,28)(H,23,24). The third kappa shape index (κ3) is 5.05. The molecule has 1 fully saturated rings. The topological polar surface area (TPSA) is 96.5 Å². The van der Waals surface area contributed by atoms with Gasteiger partial charge in [-0.05, 0) is 17.7 Å². The molecule has 0 saturated carbocycles. The van der Waals surface area contributed by atoms with Gasteiger partial charge >= 0.3 is 12.2 Å². The van der Waals surface area contributed by atoms with Gasteiger partial charge in [0.15, 0.2) is 5.82 Å². The summed E-state index contributed by atoms with van der Waals surface area (Å²) >= 11 is 1.37. The highest BCUT2D eigenvalue weighted by atomic mass is 32.2. The highest BCUT2D eigenvalue weighted by Gasteiger charge is 2.35.